The summed E-state index contributed by atoms with van der Waals surface area (Å²) in [6, 6.07) is 2.54. The van der Waals surface area contributed by atoms with Gasteiger partial charge in [-0.1, -0.05) is 0 Å². The van der Waals surface area contributed by atoms with Crippen molar-refractivity contribution in [2.45, 2.75) is 26.9 Å². The van der Waals surface area contributed by atoms with Crippen LogP contribution in [0.25, 0.3) is 0 Å². The van der Waals surface area contributed by atoms with Crippen molar-refractivity contribution in [3.8, 4) is 5.75 Å². The molecule has 0 heterocycles. The largest absolute Gasteiger partial charge is 0.488 e. The molecular weight excluding hydrogens is 198 g/mol. The van der Waals surface area contributed by atoms with Crippen molar-refractivity contribution < 1.29 is 19.2 Å². The first-order valence-corrected chi connectivity index (χ1v) is 4.74. The van der Waals surface area contributed by atoms with Crippen LogP contribution in [-0.4, -0.2) is 23.3 Å². The number of benzene rings is 1. The van der Waals surface area contributed by atoms with Crippen LogP contribution in [0, 0.1) is 12.7 Å². The summed E-state index contributed by atoms with van der Waals surface area (Å²) in [4.78, 5) is 0. The van der Waals surface area contributed by atoms with Crippen LogP contribution in [0.3, 0.4) is 0 Å². The maximum absolute atomic E-state index is 13.4. The number of halogens is 1. The third kappa shape index (κ3) is 2.94. The molecule has 0 atom stereocenters. The van der Waals surface area contributed by atoms with E-state index in [2.05, 4.69) is 0 Å². The first-order chi connectivity index (χ1) is 6.91. The van der Waals surface area contributed by atoms with E-state index in [1.165, 1.54) is 6.07 Å². The molecule has 0 saturated carbocycles. The summed E-state index contributed by atoms with van der Waals surface area (Å²) in [6.07, 6.45) is -0.121. The van der Waals surface area contributed by atoms with Gasteiger partial charge in [0.2, 0.25) is 0 Å². The fourth-order valence-corrected chi connectivity index (χ4v) is 1.29. The van der Waals surface area contributed by atoms with Gasteiger partial charge in [-0.05, 0) is 43.9 Å². The van der Waals surface area contributed by atoms with Crippen LogP contribution in [0.15, 0.2) is 12.1 Å². The average Bonchev–Trinajstić information content (AvgIpc) is 2.09. The van der Waals surface area contributed by atoms with Gasteiger partial charge in [-0.15, -0.1) is 0 Å². The van der Waals surface area contributed by atoms with Gasteiger partial charge in [0.15, 0.2) is 11.6 Å². The zero-order valence-corrected chi connectivity index (χ0v) is 8.99. The minimum absolute atomic E-state index is 0.121. The number of hydrogen-bond donors (Lipinski definition) is 2. The maximum atomic E-state index is 13.4. The summed E-state index contributed by atoms with van der Waals surface area (Å²) < 4.78 is 18.6. The minimum atomic E-state index is -1.66. The van der Waals surface area contributed by atoms with Crippen LogP contribution in [-0.2, 0) is 0 Å². The zero-order valence-electron chi connectivity index (χ0n) is 8.99. The van der Waals surface area contributed by atoms with Gasteiger partial charge in [-0.3, -0.25) is 0 Å². The molecule has 0 aromatic heterocycles. The second-order valence-electron chi connectivity index (χ2n) is 3.68. The van der Waals surface area contributed by atoms with Crippen LogP contribution < -0.4 is 10.2 Å². The van der Waals surface area contributed by atoms with Gasteiger partial charge in [-0.2, -0.15) is 0 Å². The number of rotatable bonds is 3. The molecule has 0 aliphatic heterocycles. The fraction of sp³-hybridized carbons (Fsp3) is 0.400. The van der Waals surface area contributed by atoms with E-state index in [1.54, 1.807) is 20.8 Å². The molecule has 0 spiro atoms. The lowest BCUT2D eigenvalue weighted by Crippen LogP contribution is -2.32. The van der Waals surface area contributed by atoms with Crippen molar-refractivity contribution in [1.29, 1.82) is 0 Å². The Bertz CT molecular complexity index is 353. The smallest absolute Gasteiger partial charge is 0.488 e. The predicted molar refractivity (Wildman–Crippen MR) is 56.7 cm³/mol. The van der Waals surface area contributed by atoms with Crippen molar-refractivity contribution in [3.05, 3.63) is 23.5 Å². The van der Waals surface area contributed by atoms with E-state index in [-0.39, 0.29) is 17.3 Å². The summed E-state index contributed by atoms with van der Waals surface area (Å²) in [5, 5.41) is 17.9. The highest BCUT2D eigenvalue weighted by atomic mass is 19.1. The third-order valence-corrected chi connectivity index (χ3v) is 1.96. The second kappa shape index (κ2) is 4.64. The van der Waals surface area contributed by atoms with Crippen molar-refractivity contribution in [2.24, 2.45) is 0 Å². The molecular formula is C10H14BFO3. The van der Waals surface area contributed by atoms with E-state index < -0.39 is 12.9 Å². The Morgan fingerprint density at radius 1 is 1.33 bits per heavy atom. The highest BCUT2D eigenvalue weighted by Crippen LogP contribution is 2.18. The Morgan fingerprint density at radius 3 is 2.40 bits per heavy atom. The van der Waals surface area contributed by atoms with E-state index in [4.69, 9.17) is 14.8 Å². The lowest BCUT2D eigenvalue weighted by Gasteiger charge is -2.13. The summed E-state index contributed by atoms with van der Waals surface area (Å²) in [6.45, 7) is 5.26. The molecule has 5 heteroatoms. The van der Waals surface area contributed by atoms with Gasteiger partial charge >= 0.3 is 7.12 Å². The minimum Gasteiger partial charge on any atom is -0.488 e. The Labute approximate surface area is 88.7 Å². The normalized spacial score (nSPS) is 10.6. The molecule has 1 aromatic rings. The van der Waals surface area contributed by atoms with Gasteiger partial charge in [-0.25, -0.2) is 4.39 Å². The van der Waals surface area contributed by atoms with Crippen LogP contribution in [0.1, 0.15) is 19.4 Å². The van der Waals surface area contributed by atoms with Gasteiger partial charge in [0.25, 0.3) is 0 Å². The highest BCUT2D eigenvalue weighted by molar-refractivity contribution is 6.59. The molecule has 0 saturated heterocycles. The van der Waals surface area contributed by atoms with Gasteiger partial charge in [0.1, 0.15) is 0 Å². The number of ether oxygens (including phenoxy) is 1. The zero-order chi connectivity index (χ0) is 11.6. The molecule has 1 rings (SSSR count). The van der Waals surface area contributed by atoms with Crippen LogP contribution in [0.4, 0.5) is 4.39 Å². The summed E-state index contributed by atoms with van der Waals surface area (Å²) in [5.74, 6) is -0.454. The SMILES string of the molecule is Cc1cc(OC(C)C)c(F)cc1B(O)O. The van der Waals surface area contributed by atoms with Crippen molar-refractivity contribution >= 4 is 12.6 Å². The van der Waals surface area contributed by atoms with Crippen LogP contribution in [0.2, 0.25) is 0 Å². The van der Waals surface area contributed by atoms with E-state index in [9.17, 15) is 4.39 Å². The molecule has 0 amide bonds. The lowest BCUT2D eigenvalue weighted by atomic mass is 9.77. The number of hydrogen-bond acceptors (Lipinski definition) is 3. The lowest BCUT2D eigenvalue weighted by molar-refractivity contribution is 0.231. The highest BCUT2D eigenvalue weighted by Gasteiger charge is 2.17. The standard InChI is InChI=1S/C10H14BFO3/c1-6(2)15-10-4-7(3)8(11(13)14)5-9(10)12/h4-6,13-14H,1-3H3. The molecule has 15 heavy (non-hydrogen) atoms. The summed E-state index contributed by atoms with van der Waals surface area (Å²) in [5.41, 5.74) is 0.741. The first-order valence-electron chi connectivity index (χ1n) is 4.74. The van der Waals surface area contributed by atoms with Crippen molar-refractivity contribution in [1.82, 2.24) is 0 Å². The molecule has 0 aliphatic rings. The third-order valence-electron chi connectivity index (χ3n) is 1.96. The molecule has 0 fully saturated rings. The van der Waals surface area contributed by atoms with Crippen molar-refractivity contribution in [2.75, 3.05) is 0 Å². The predicted octanol–water partition coefficient (Wildman–Crippen LogP) is 0.601. The molecule has 82 valence electrons. The van der Waals surface area contributed by atoms with E-state index in [0.717, 1.165) is 6.07 Å². The van der Waals surface area contributed by atoms with Crippen LogP contribution >= 0.6 is 0 Å². The molecule has 1 aromatic carbocycles. The quantitative estimate of drug-likeness (QED) is 0.721. The van der Waals surface area contributed by atoms with E-state index in [0.29, 0.717) is 5.56 Å². The fourth-order valence-electron chi connectivity index (χ4n) is 1.29. The Morgan fingerprint density at radius 2 is 1.93 bits per heavy atom. The van der Waals surface area contributed by atoms with E-state index >= 15 is 0 Å². The molecule has 2 N–H and O–H groups in total. The first kappa shape index (κ1) is 12.0. The molecule has 0 bridgehead atoms. The monoisotopic (exact) mass is 212 g/mol. The Hall–Kier alpha value is -1.07. The van der Waals surface area contributed by atoms with Crippen LogP contribution in [0.5, 0.6) is 5.75 Å². The molecule has 0 radical (unpaired) electrons. The Kier molecular flexibility index (Phi) is 3.71. The molecule has 0 unspecified atom stereocenters. The van der Waals surface area contributed by atoms with Gasteiger partial charge in [0, 0.05) is 0 Å². The van der Waals surface area contributed by atoms with E-state index in [1.807, 2.05) is 0 Å². The topological polar surface area (TPSA) is 49.7 Å². The molecule has 0 aliphatic carbocycles. The van der Waals surface area contributed by atoms with Crippen molar-refractivity contribution in [3.63, 3.8) is 0 Å². The summed E-state index contributed by atoms with van der Waals surface area (Å²) >= 11 is 0. The van der Waals surface area contributed by atoms with Gasteiger partial charge < -0.3 is 14.8 Å². The Balaban J connectivity index is 3.08. The second-order valence-corrected chi connectivity index (χ2v) is 3.68. The summed E-state index contributed by atoms with van der Waals surface area (Å²) in [7, 11) is -1.66. The molecule has 3 nitrogen and oxygen atoms in total. The van der Waals surface area contributed by atoms with Gasteiger partial charge in [0.05, 0.1) is 6.10 Å². The average molecular weight is 212 g/mol. The number of aryl methyl sites for hydroxylation is 1. The maximum Gasteiger partial charge on any atom is 0.488 e.